The maximum absolute atomic E-state index is 5.91. The summed E-state index contributed by atoms with van der Waals surface area (Å²) in [4.78, 5) is 0. The highest BCUT2D eigenvalue weighted by Crippen LogP contribution is 2.20. The van der Waals surface area contributed by atoms with E-state index in [1.165, 1.54) is 0 Å². The Kier molecular flexibility index (Phi) is 4.94. The molecule has 0 unspecified atom stereocenters. The summed E-state index contributed by atoms with van der Waals surface area (Å²) in [6.07, 6.45) is 0.0868. The molecule has 1 aromatic carbocycles. The predicted octanol–water partition coefficient (Wildman–Crippen LogP) is 2.64. The van der Waals surface area contributed by atoms with E-state index in [0.717, 1.165) is 17.1 Å². The van der Waals surface area contributed by atoms with Gasteiger partial charge in [-0.25, -0.2) is 0 Å². The zero-order valence-electron chi connectivity index (χ0n) is 8.59. The first-order valence-electron chi connectivity index (χ1n) is 4.79. The van der Waals surface area contributed by atoms with Crippen LogP contribution in [0.4, 0.5) is 0 Å². The lowest BCUT2D eigenvalue weighted by molar-refractivity contribution is 0.0638. The Balaban J connectivity index is 2.75. The smallest absolute Gasteiger partial charge is 0.0949 e. The standard InChI is InChI=1S/C11H16ClNO/c1-3-14-11(8-13-2)9-5-4-6-10(12)7-9/h4-7,11,13H,3,8H2,1-2H3/t11-/m0/s1. The van der Waals surface area contributed by atoms with Crippen molar-refractivity contribution < 1.29 is 4.74 Å². The van der Waals surface area contributed by atoms with E-state index in [4.69, 9.17) is 16.3 Å². The van der Waals surface area contributed by atoms with Crippen molar-refractivity contribution >= 4 is 11.6 Å². The number of ether oxygens (including phenoxy) is 1. The molecule has 0 saturated carbocycles. The van der Waals surface area contributed by atoms with Crippen LogP contribution in [0, 0.1) is 0 Å². The minimum Gasteiger partial charge on any atom is -0.372 e. The van der Waals surface area contributed by atoms with Crippen LogP contribution in [-0.2, 0) is 4.74 Å². The van der Waals surface area contributed by atoms with Crippen molar-refractivity contribution in [2.75, 3.05) is 20.2 Å². The van der Waals surface area contributed by atoms with Gasteiger partial charge in [0, 0.05) is 18.2 Å². The number of hydrogen-bond donors (Lipinski definition) is 1. The number of halogens is 1. The molecule has 0 radical (unpaired) electrons. The third-order valence-corrected chi connectivity index (χ3v) is 2.21. The normalized spacial score (nSPS) is 12.8. The number of likely N-dealkylation sites (N-methyl/N-ethyl adjacent to an activating group) is 1. The first-order valence-corrected chi connectivity index (χ1v) is 5.17. The maximum atomic E-state index is 5.91. The van der Waals surface area contributed by atoms with E-state index in [1.807, 2.05) is 38.2 Å². The van der Waals surface area contributed by atoms with Gasteiger partial charge in [0.2, 0.25) is 0 Å². The SMILES string of the molecule is CCO[C@@H](CNC)c1cccc(Cl)c1. The van der Waals surface area contributed by atoms with Crippen molar-refractivity contribution in [1.82, 2.24) is 5.32 Å². The van der Waals surface area contributed by atoms with E-state index in [1.54, 1.807) is 0 Å². The maximum Gasteiger partial charge on any atom is 0.0949 e. The third-order valence-electron chi connectivity index (χ3n) is 1.98. The number of benzene rings is 1. The van der Waals surface area contributed by atoms with Gasteiger partial charge in [-0.2, -0.15) is 0 Å². The van der Waals surface area contributed by atoms with Crippen LogP contribution < -0.4 is 5.32 Å². The van der Waals surface area contributed by atoms with Crippen LogP contribution in [-0.4, -0.2) is 20.2 Å². The molecule has 0 aliphatic rings. The zero-order chi connectivity index (χ0) is 10.4. The third kappa shape index (κ3) is 3.29. The minimum atomic E-state index is 0.0868. The van der Waals surface area contributed by atoms with Crippen molar-refractivity contribution in [3.63, 3.8) is 0 Å². The van der Waals surface area contributed by atoms with Crippen molar-refractivity contribution in [2.24, 2.45) is 0 Å². The Morgan fingerprint density at radius 2 is 2.29 bits per heavy atom. The molecule has 0 aromatic heterocycles. The van der Waals surface area contributed by atoms with Gasteiger partial charge in [-0.3, -0.25) is 0 Å². The second-order valence-corrected chi connectivity index (χ2v) is 3.49. The fraction of sp³-hybridized carbons (Fsp3) is 0.455. The van der Waals surface area contributed by atoms with E-state index in [2.05, 4.69) is 5.32 Å². The van der Waals surface area contributed by atoms with E-state index in [0.29, 0.717) is 6.61 Å². The molecule has 2 nitrogen and oxygen atoms in total. The number of nitrogens with one attached hydrogen (secondary N) is 1. The van der Waals surface area contributed by atoms with Crippen molar-refractivity contribution in [2.45, 2.75) is 13.0 Å². The summed E-state index contributed by atoms with van der Waals surface area (Å²) in [6.45, 7) is 3.50. The van der Waals surface area contributed by atoms with Gasteiger partial charge in [0.25, 0.3) is 0 Å². The molecule has 0 saturated heterocycles. The van der Waals surface area contributed by atoms with Gasteiger partial charge < -0.3 is 10.1 Å². The lowest BCUT2D eigenvalue weighted by Gasteiger charge is -2.17. The van der Waals surface area contributed by atoms with Crippen LogP contribution in [0.2, 0.25) is 5.02 Å². The molecular formula is C11H16ClNO. The van der Waals surface area contributed by atoms with Crippen molar-refractivity contribution in [3.05, 3.63) is 34.9 Å². The molecule has 0 bridgehead atoms. The van der Waals surface area contributed by atoms with Gasteiger partial charge in [-0.05, 0) is 31.7 Å². The Bertz CT molecular complexity index is 272. The first-order chi connectivity index (χ1) is 6.77. The monoisotopic (exact) mass is 213 g/mol. The number of hydrogen-bond acceptors (Lipinski definition) is 2. The topological polar surface area (TPSA) is 21.3 Å². The highest BCUT2D eigenvalue weighted by atomic mass is 35.5. The van der Waals surface area contributed by atoms with Crippen LogP contribution in [0.15, 0.2) is 24.3 Å². The van der Waals surface area contributed by atoms with Crippen LogP contribution in [0.25, 0.3) is 0 Å². The quantitative estimate of drug-likeness (QED) is 0.812. The molecule has 0 heterocycles. The van der Waals surface area contributed by atoms with Crippen molar-refractivity contribution in [1.29, 1.82) is 0 Å². The van der Waals surface area contributed by atoms with Crippen LogP contribution in [0.3, 0.4) is 0 Å². The van der Waals surface area contributed by atoms with Gasteiger partial charge in [0.05, 0.1) is 6.10 Å². The van der Waals surface area contributed by atoms with Gasteiger partial charge in [0.15, 0.2) is 0 Å². The molecule has 1 atom stereocenters. The van der Waals surface area contributed by atoms with Gasteiger partial charge in [0.1, 0.15) is 0 Å². The molecule has 1 N–H and O–H groups in total. The second kappa shape index (κ2) is 6.02. The lowest BCUT2D eigenvalue weighted by Crippen LogP contribution is -2.19. The summed E-state index contributed by atoms with van der Waals surface area (Å²) in [5.41, 5.74) is 1.12. The summed E-state index contributed by atoms with van der Waals surface area (Å²) in [7, 11) is 1.91. The Hall–Kier alpha value is -0.570. The molecule has 1 rings (SSSR count). The van der Waals surface area contributed by atoms with E-state index in [9.17, 15) is 0 Å². The Labute approximate surface area is 90.2 Å². The van der Waals surface area contributed by atoms with E-state index in [-0.39, 0.29) is 6.10 Å². The molecule has 78 valence electrons. The minimum absolute atomic E-state index is 0.0868. The average molecular weight is 214 g/mol. The zero-order valence-corrected chi connectivity index (χ0v) is 9.34. The summed E-state index contributed by atoms with van der Waals surface area (Å²) in [5, 5.41) is 3.86. The van der Waals surface area contributed by atoms with Crippen molar-refractivity contribution in [3.8, 4) is 0 Å². The highest BCUT2D eigenvalue weighted by Gasteiger charge is 2.09. The highest BCUT2D eigenvalue weighted by molar-refractivity contribution is 6.30. The largest absolute Gasteiger partial charge is 0.372 e. The number of rotatable bonds is 5. The fourth-order valence-corrected chi connectivity index (χ4v) is 1.57. The molecular weight excluding hydrogens is 198 g/mol. The summed E-state index contributed by atoms with van der Waals surface area (Å²) < 4.78 is 5.60. The molecule has 0 spiro atoms. The van der Waals surface area contributed by atoms with Gasteiger partial charge in [-0.1, -0.05) is 23.7 Å². The first kappa shape index (κ1) is 11.5. The van der Waals surface area contributed by atoms with Crippen LogP contribution in [0.5, 0.6) is 0 Å². The molecule has 1 aromatic rings. The summed E-state index contributed by atoms with van der Waals surface area (Å²) >= 11 is 5.91. The Morgan fingerprint density at radius 3 is 2.86 bits per heavy atom. The average Bonchev–Trinajstić information content (AvgIpc) is 2.17. The molecule has 0 amide bonds. The van der Waals surface area contributed by atoms with Gasteiger partial charge in [-0.15, -0.1) is 0 Å². The summed E-state index contributed by atoms with van der Waals surface area (Å²) in [5.74, 6) is 0. The molecule has 14 heavy (non-hydrogen) atoms. The predicted molar refractivity (Wildman–Crippen MR) is 59.7 cm³/mol. The second-order valence-electron chi connectivity index (χ2n) is 3.06. The van der Waals surface area contributed by atoms with E-state index >= 15 is 0 Å². The molecule has 3 heteroatoms. The van der Waals surface area contributed by atoms with Crippen LogP contribution in [0.1, 0.15) is 18.6 Å². The Morgan fingerprint density at radius 1 is 1.50 bits per heavy atom. The molecule has 0 aliphatic carbocycles. The summed E-state index contributed by atoms with van der Waals surface area (Å²) in [6, 6.07) is 7.79. The fourth-order valence-electron chi connectivity index (χ4n) is 1.37. The van der Waals surface area contributed by atoms with E-state index < -0.39 is 0 Å². The lowest BCUT2D eigenvalue weighted by atomic mass is 10.1. The molecule has 0 fully saturated rings. The van der Waals surface area contributed by atoms with Crippen LogP contribution >= 0.6 is 11.6 Å². The molecule has 0 aliphatic heterocycles. The van der Waals surface area contributed by atoms with Gasteiger partial charge >= 0.3 is 0 Å².